The third-order valence-electron chi connectivity index (χ3n) is 7.37. The quantitative estimate of drug-likeness (QED) is 0.135. The molecular formula is C35H29F8NO4. The van der Waals surface area contributed by atoms with Gasteiger partial charge in [0.15, 0.2) is 17.2 Å². The van der Waals surface area contributed by atoms with E-state index in [4.69, 9.17) is 9.47 Å². The summed E-state index contributed by atoms with van der Waals surface area (Å²) in [6, 6.07) is 15.8. The average molecular weight is 680 g/mol. The number of hydrogen-bond donors (Lipinski definition) is 1. The molecule has 4 aromatic rings. The Balaban J connectivity index is 2.02. The van der Waals surface area contributed by atoms with Crippen molar-refractivity contribution < 1.29 is 54.2 Å². The van der Waals surface area contributed by atoms with Crippen LogP contribution in [0.4, 0.5) is 35.1 Å². The molecule has 0 bridgehead atoms. The topological polar surface area (TPSA) is 64.6 Å². The smallest absolute Gasteiger partial charge is 0.416 e. The van der Waals surface area contributed by atoms with Crippen molar-refractivity contribution in [2.24, 2.45) is 0 Å². The Morgan fingerprint density at radius 2 is 1.35 bits per heavy atom. The SMILES string of the molecule is CCOC(=O)C(C)(C)Oc1cc([C@@](Cc2ccccc2)(NC(=O)c2cccc(C(F)(F)F)c2)c2cc(F)cc(C(F)(F)F)c2)ccc1F. The van der Waals surface area contributed by atoms with Crippen molar-refractivity contribution >= 4 is 11.9 Å². The summed E-state index contributed by atoms with van der Waals surface area (Å²) in [5.41, 5.74) is -7.33. The Labute approximate surface area is 270 Å². The van der Waals surface area contributed by atoms with Gasteiger partial charge in [-0.15, -0.1) is 0 Å². The van der Waals surface area contributed by atoms with Crippen molar-refractivity contribution in [3.8, 4) is 5.75 Å². The molecule has 48 heavy (non-hydrogen) atoms. The van der Waals surface area contributed by atoms with Crippen LogP contribution in [-0.2, 0) is 33.8 Å². The summed E-state index contributed by atoms with van der Waals surface area (Å²) in [7, 11) is 0. The molecule has 0 aromatic heterocycles. The lowest BCUT2D eigenvalue weighted by Crippen LogP contribution is -2.49. The lowest BCUT2D eigenvalue weighted by molar-refractivity contribution is -0.158. The second-order valence-electron chi connectivity index (χ2n) is 11.3. The zero-order chi connectivity index (χ0) is 35.5. The third kappa shape index (κ3) is 8.12. The molecule has 1 N–H and O–H groups in total. The number of carbonyl (C=O) groups excluding carboxylic acids is 2. The minimum atomic E-state index is -5.05. The average Bonchev–Trinajstić information content (AvgIpc) is 3.01. The first-order chi connectivity index (χ1) is 22.4. The minimum absolute atomic E-state index is 0.0307. The monoisotopic (exact) mass is 679 g/mol. The number of amides is 1. The van der Waals surface area contributed by atoms with Gasteiger partial charge in [-0.05, 0) is 86.0 Å². The van der Waals surface area contributed by atoms with Crippen molar-refractivity contribution in [3.63, 3.8) is 0 Å². The fourth-order valence-corrected chi connectivity index (χ4v) is 5.03. The second kappa shape index (κ2) is 13.7. The van der Waals surface area contributed by atoms with Gasteiger partial charge in [0.1, 0.15) is 5.82 Å². The summed E-state index contributed by atoms with van der Waals surface area (Å²) in [6.07, 6.45) is -10.3. The van der Waals surface area contributed by atoms with E-state index in [0.29, 0.717) is 17.7 Å². The Bertz CT molecular complexity index is 1790. The van der Waals surface area contributed by atoms with Crippen LogP contribution in [0.15, 0.2) is 91.0 Å². The normalized spacial score (nSPS) is 13.4. The molecule has 0 aliphatic heterocycles. The fourth-order valence-electron chi connectivity index (χ4n) is 5.03. The summed E-state index contributed by atoms with van der Waals surface area (Å²) in [5, 5.41) is 2.56. The van der Waals surface area contributed by atoms with Gasteiger partial charge in [0, 0.05) is 12.0 Å². The van der Waals surface area contributed by atoms with E-state index in [0.717, 1.165) is 42.5 Å². The number of carbonyl (C=O) groups is 2. The van der Waals surface area contributed by atoms with E-state index in [9.17, 15) is 35.9 Å². The van der Waals surface area contributed by atoms with Crippen molar-refractivity contribution in [1.82, 2.24) is 5.32 Å². The van der Waals surface area contributed by atoms with Gasteiger partial charge in [0.2, 0.25) is 0 Å². The summed E-state index contributed by atoms with van der Waals surface area (Å²) in [4.78, 5) is 26.4. The highest BCUT2D eigenvalue weighted by molar-refractivity contribution is 5.95. The molecule has 1 atom stereocenters. The fraction of sp³-hybridized carbons (Fsp3) is 0.257. The predicted molar refractivity (Wildman–Crippen MR) is 159 cm³/mol. The van der Waals surface area contributed by atoms with Crippen molar-refractivity contribution in [3.05, 3.63) is 136 Å². The zero-order valence-electron chi connectivity index (χ0n) is 25.7. The third-order valence-corrected chi connectivity index (χ3v) is 7.37. The number of halogens is 8. The van der Waals surface area contributed by atoms with Gasteiger partial charge in [-0.2, -0.15) is 26.3 Å². The molecule has 5 nitrogen and oxygen atoms in total. The van der Waals surface area contributed by atoms with Crippen LogP contribution in [0.25, 0.3) is 0 Å². The van der Waals surface area contributed by atoms with E-state index < -0.39 is 81.4 Å². The molecule has 1 amide bonds. The lowest BCUT2D eigenvalue weighted by Gasteiger charge is -2.37. The van der Waals surface area contributed by atoms with Gasteiger partial charge >= 0.3 is 18.3 Å². The molecule has 0 spiro atoms. The van der Waals surface area contributed by atoms with Gasteiger partial charge in [0.05, 0.1) is 23.3 Å². The van der Waals surface area contributed by atoms with Crippen LogP contribution in [0.3, 0.4) is 0 Å². The van der Waals surface area contributed by atoms with Gasteiger partial charge in [0.25, 0.3) is 5.91 Å². The number of esters is 1. The zero-order valence-corrected chi connectivity index (χ0v) is 25.7. The molecule has 4 rings (SSSR count). The highest BCUT2D eigenvalue weighted by Crippen LogP contribution is 2.40. The maximum atomic E-state index is 15.3. The molecule has 0 saturated carbocycles. The van der Waals surface area contributed by atoms with Crippen LogP contribution in [0.5, 0.6) is 5.75 Å². The number of rotatable bonds is 10. The van der Waals surface area contributed by atoms with E-state index in [1.807, 2.05) is 0 Å². The Morgan fingerprint density at radius 3 is 1.98 bits per heavy atom. The van der Waals surface area contributed by atoms with Gasteiger partial charge < -0.3 is 14.8 Å². The van der Waals surface area contributed by atoms with Crippen molar-refractivity contribution in [1.29, 1.82) is 0 Å². The Morgan fingerprint density at radius 1 is 0.708 bits per heavy atom. The van der Waals surface area contributed by atoms with Crippen molar-refractivity contribution in [2.75, 3.05) is 6.61 Å². The standard InChI is InChI=1S/C35H29F8NO4/c1-4-47-31(46)32(2,3)48-29-19-23(13-14-28(29)37)33(20-21-9-6-5-7-10-21,25-16-26(35(41,42)43)18-27(36)17-25)44-30(45)22-11-8-12-24(15-22)34(38,39)40/h5-19H,4,20H2,1-3H3,(H,44,45)/t33-/m1/s1. The summed E-state index contributed by atoms with van der Waals surface area (Å²) in [5.74, 6) is -4.97. The van der Waals surface area contributed by atoms with Crippen LogP contribution >= 0.6 is 0 Å². The first-order valence-corrected chi connectivity index (χ1v) is 14.4. The van der Waals surface area contributed by atoms with Crippen LogP contribution in [-0.4, -0.2) is 24.1 Å². The van der Waals surface area contributed by atoms with Crippen LogP contribution < -0.4 is 10.1 Å². The first-order valence-electron chi connectivity index (χ1n) is 14.4. The highest BCUT2D eigenvalue weighted by Gasteiger charge is 2.42. The maximum Gasteiger partial charge on any atom is 0.416 e. The van der Waals surface area contributed by atoms with E-state index in [1.54, 1.807) is 30.3 Å². The molecule has 254 valence electrons. The molecule has 0 aliphatic rings. The van der Waals surface area contributed by atoms with Crippen LogP contribution in [0, 0.1) is 11.6 Å². The Hall–Kier alpha value is -4.94. The number of ether oxygens (including phenoxy) is 2. The summed E-state index contributed by atoms with van der Waals surface area (Å²) < 4.78 is 124. The van der Waals surface area contributed by atoms with Crippen LogP contribution in [0.1, 0.15) is 58.9 Å². The molecule has 0 heterocycles. The molecule has 0 unspecified atom stereocenters. The summed E-state index contributed by atoms with van der Waals surface area (Å²) >= 11 is 0. The van der Waals surface area contributed by atoms with Gasteiger partial charge in [-0.3, -0.25) is 4.79 Å². The van der Waals surface area contributed by atoms with Gasteiger partial charge in [-0.1, -0.05) is 42.5 Å². The number of nitrogens with one attached hydrogen (secondary N) is 1. The highest BCUT2D eigenvalue weighted by atomic mass is 19.4. The maximum absolute atomic E-state index is 15.3. The molecule has 0 radical (unpaired) electrons. The predicted octanol–water partition coefficient (Wildman–Crippen LogP) is 8.64. The Kier molecular flexibility index (Phi) is 10.2. The van der Waals surface area contributed by atoms with E-state index in [-0.39, 0.29) is 18.2 Å². The molecule has 0 fully saturated rings. The second-order valence-corrected chi connectivity index (χ2v) is 11.3. The number of benzene rings is 4. The van der Waals surface area contributed by atoms with E-state index in [2.05, 4.69) is 5.32 Å². The molecule has 4 aromatic carbocycles. The summed E-state index contributed by atoms with van der Waals surface area (Å²) in [6.45, 7) is 4.07. The van der Waals surface area contributed by atoms with Crippen LogP contribution in [0.2, 0.25) is 0 Å². The largest absolute Gasteiger partial charge is 0.473 e. The minimum Gasteiger partial charge on any atom is -0.473 e. The molecular weight excluding hydrogens is 650 g/mol. The molecule has 0 saturated heterocycles. The number of hydrogen-bond acceptors (Lipinski definition) is 4. The first kappa shape index (κ1) is 35.9. The van der Waals surface area contributed by atoms with Gasteiger partial charge in [-0.25, -0.2) is 13.6 Å². The van der Waals surface area contributed by atoms with E-state index in [1.165, 1.54) is 20.8 Å². The molecule has 13 heteroatoms. The molecule has 0 aliphatic carbocycles. The number of alkyl halides is 6. The van der Waals surface area contributed by atoms with Crippen molar-refractivity contribution in [2.45, 2.75) is 50.7 Å². The van der Waals surface area contributed by atoms with E-state index >= 15 is 8.78 Å². The lowest BCUT2D eigenvalue weighted by atomic mass is 9.77.